The number of hydrogen-bond donors (Lipinski definition) is 2. The molecule has 2 rings (SSSR count). The van der Waals surface area contributed by atoms with Crippen molar-refractivity contribution in [3.63, 3.8) is 0 Å². The fraction of sp³-hybridized carbons (Fsp3) is 0.364. The average Bonchev–Trinajstić information content (AvgIpc) is 3.04. The van der Waals surface area contributed by atoms with Gasteiger partial charge in [0.25, 0.3) is 10.0 Å². The molecule has 21 heavy (non-hydrogen) atoms. The highest BCUT2D eigenvalue weighted by molar-refractivity contribution is 7.92. The number of aryl methyl sites for hydroxylation is 2. The summed E-state index contributed by atoms with van der Waals surface area (Å²) >= 11 is 1.10. The van der Waals surface area contributed by atoms with Crippen LogP contribution in [0, 0.1) is 6.92 Å². The van der Waals surface area contributed by atoms with Gasteiger partial charge in [-0.25, -0.2) is 9.97 Å². The Balaban J connectivity index is 2.26. The first-order valence-corrected chi connectivity index (χ1v) is 8.44. The first-order chi connectivity index (χ1) is 9.87. The summed E-state index contributed by atoms with van der Waals surface area (Å²) in [5.41, 5.74) is 0.721. The van der Waals surface area contributed by atoms with Crippen LogP contribution in [-0.2, 0) is 16.6 Å². The maximum atomic E-state index is 12.2. The maximum absolute atomic E-state index is 12.2. The Morgan fingerprint density at radius 3 is 2.81 bits per heavy atom. The van der Waals surface area contributed by atoms with Crippen molar-refractivity contribution < 1.29 is 13.6 Å². The molecule has 0 radical (unpaired) electrons. The normalized spacial score (nSPS) is 12.6. The summed E-state index contributed by atoms with van der Waals surface area (Å²) < 4.78 is 28.6. The fourth-order valence-electron chi connectivity index (χ4n) is 1.63. The van der Waals surface area contributed by atoms with Crippen LogP contribution in [0.25, 0.3) is 0 Å². The molecule has 0 amide bonds. The zero-order valence-electron chi connectivity index (χ0n) is 11.7. The molecule has 0 bridgehead atoms. The number of aromatic nitrogens is 3. The number of nitrogens with zero attached hydrogens (tertiary/aromatic N) is 4. The van der Waals surface area contributed by atoms with Gasteiger partial charge in [0.2, 0.25) is 0 Å². The predicted molar refractivity (Wildman–Crippen MR) is 79.6 cm³/mol. The van der Waals surface area contributed by atoms with Gasteiger partial charge in [-0.3, -0.25) is 4.72 Å². The zero-order chi connectivity index (χ0) is 15.6. The topological polar surface area (TPSA) is 109 Å². The molecule has 0 atom stereocenters. The lowest BCUT2D eigenvalue weighted by atomic mass is 10.3. The molecule has 0 unspecified atom stereocenters. The molecule has 2 heterocycles. The summed E-state index contributed by atoms with van der Waals surface area (Å²) in [6.45, 7) is 5.86. The largest absolute Gasteiger partial charge is 0.411 e. The molecule has 2 aromatic heterocycles. The second-order valence-corrected chi connectivity index (χ2v) is 6.73. The van der Waals surface area contributed by atoms with E-state index in [-0.39, 0.29) is 10.2 Å². The van der Waals surface area contributed by atoms with Gasteiger partial charge in [0.15, 0.2) is 10.2 Å². The molecular weight excluding hydrogens is 314 g/mol. The van der Waals surface area contributed by atoms with Gasteiger partial charge in [-0.15, -0.1) is 11.3 Å². The van der Waals surface area contributed by atoms with Crippen LogP contribution in [0.4, 0.5) is 5.13 Å². The van der Waals surface area contributed by atoms with E-state index < -0.39 is 10.0 Å². The standard InChI is InChI=1S/C11H15N5O3S2/c1-4-16-5-10(12-8(16)3)21(18,19)15-11-13-9(6-20-11)7(2)14-17/h5-6,17H,4H2,1-3H3,(H,13,15). The predicted octanol–water partition coefficient (Wildman–Crippen LogP) is 1.67. The number of oxime groups is 1. The van der Waals surface area contributed by atoms with Crippen molar-refractivity contribution in [2.45, 2.75) is 32.3 Å². The van der Waals surface area contributed by atoms with Gasteiger partial charge in [-0.05, 0) is 20.8 Å². The van der Waals surface area contributed by atoms with Gasteiger partial charge in [-0.2, -0.15) is 8.42 Å². The van der Waals surface area contributed by atoms with Crippen LogP contribution in [-0.4, -0.2) is 33.9 Å². The van der Waals surface area contributed by atoms with Crippen LogP contribution < -0.4 is 4.72 Å². The van der Waals surface area contributed by atoms with Crippen molar-refractivity contribution in [2.75, 3.05) is 4.72 Å². The van der Waals surface area contributed by atoms with E-state index in [4.69, 9.17) is 5.21 Å². The maximum Gasteiger partial charge on any atom is 0.282 e. The third-order valence-electron chi connectivity index (χ3n) is 2.82. The Morgan fingerprint density at radius 1 is 1.52 bits per heavy atom. The van der Waals surface area contributed by atoms with E-state index in [0.29, 0.717) is 23.8 Å². The quantitative estimate of drug-likeness (QED) is 0.492. The highest BCUT2D eigenvalue weighted by Gasteiger charge is 2.20. The number of imidazole rings is 1. The van der Waals surface area contributed by atoms with Gasteiger partial charge < -0.3 is 9.77 Å². The van der Waals surface area contributed by atoms with E-state index >= 15 is 0 Å². The number of hydrogen-bond acceptors (Lipinski definition) is 7. The lowest BCUT2D eigenvalue weighted by Gasteiger charge is -2.01. The Kier molecular flexibility index (Phi) is 4.28. The van der Waals surface area contributed by atoms with Gasteiger partial charge in [0.05, 0.1) is 0 Å². The van der Waals surface area contributed by atoms with Crippen LogP contribution in [0.3, 0.4) is 0 Å². The van der Waals surface area contributed by atoms with E-state index in [1.807, 2.05) is 6.92 Å². The molecule has 0 aromatic carbocycles. The summed E-state index contributed by atoms with van der Waals surface area (Å²) in [4.78, 5) is 8.08. The molecule has 2 N–H and O–H groups in total. The van der Waals surface area contributed by atoms with Crippen molar-refractivity contribution in [1.82, 2.24) is 14.5 Å². The Hall–Kier alpha value is -1.94. The molecule has 0 fully saturated rings. The molecule has 114 valence electrons. The smallest absolute Gasteiger partial charge is 0.282 e. The molecule has 0 spiro atoms. The van der Waals surface area contributed by atoms with Crippen molar-refractivity contribution in [1.29, 1.82) is 0 Å². The van der Waals surface area contributed by atoms with E-state index in [1.165, 1.54) is 6.20 Å². The summed E-state index contributed by atoms with van der Waals surface area (Å²) in [6.07, 6.45) is 1.48. The third-order valence-corrected chi connectivity index (χ3v) is 4.91. The summed E-state index contributed by atoms with van der Waals surface area (Å²) in [6, 6.07) is 0. The van der Waals surface area contributed by atoms with Crippen LogP contribution >= 0.6 is 11.3 Å². The molecule has 2 aromatic rings. The SMILES string of the molecule is CCn1cc(S(=O)(=O)Nc2nc(C(C)=NO)cs2)nc1C. The first-order valence-electron chi connectivity index (χ1n) is 6.08. The summed E-state index contributed by atoms with van der Waals surface area (Å²) in [7, 11) is -3.78. The molecule has 0 saturated carbocycles. The van der Waals surface area contributed by atoms with E-state index in [0.717, 1.165) is 11.3 Å². The molecule has 0 aliphatic heterocycles. The minimum atomic E-state index is -3.78. The van der Waals surface area contributed by atoms with Crippen molar-refractivity contribution >= 4 is 32.2 Å². The van der Waals surface area contributed by atoms with Crippen LogP contribution in [0.1, 0.15) is 25.4 Å². The second-order valence-electron chi connectivity index (χ2n) is 4.24. The van der Waals surface area contributed by atoms with Gasteiger partial charge in [0, 0.05) is 18.1 Å². The van der Waals surface area contributed by atoms with E-state index in [9.17, 15) is 8.42 Å². The zero-order valence-corrected chi connectivity index (χ0v) is 13.4. The number of nitrogens with one attached hydrogen (secondary N) is 1. The second kappa shape index (κ2) is 5.82. The number of sulfonamides is 1. The Morgan fingerprint density at radius 2 is 2.24 bits per heavy atom. The lowest BCUT2D eigenvalue weighted by Crippen LogP contribution is -2.13. The first kappa shape index (κ1) is 15.4. The highest BCUT2D eigenvalue weighted by atomic mass is 32.2. The molecule has 10 heteroatoms. The lowest BCUT2D eigenvalue weighted by molar-refractivity contribution is 0.319. The van der Waals surface area contributed by atoms with Crippen LogP contribution in [0.15, 0.2) is 21.8 Å². The third kappa shape index (κ3) is 3.22. The number of rotatable bonds is 5. The van der Waals surface area contributed by atoms with E-state index in [2.05, 4.69) is 19.8 Å². The summed E-state index contributed by atoms with van der Waals surface area (Å²) in [5.74, 6) is 0.626. The molecule has 0 aliphatic rings. The monoisotopic (exact) mass is 329 g/mol. The Bertz CT molecular complexity index is 776. The van der Waals surface area contributed by atoms with E-state index in [1.54, 1.807) is 23.8 Å². The molecule has 0 aliphatic carbocycles. The number of thiazole rings is 1. The summed E-state index contributed by atoms with van der Waals surface area (Å²) in [5, 5.41) is 13.4. The van der Waals surface area contributed by atoms with Crippen molar-refractivity contribution in [2.24, 2.45) is 5.16 Å². The minimum Gasteiger partial charge on any atom is -0.411 e. The molecule has 0 saturated heterocycles. The fourth-order valence-corrected chi connectivity index (χ4v) is 3.65. The minimum absolute atomic E-state index is 0.0499. The van der Waals surface area contributed by atoms with Gasteiger partial charge in [0.1, 0.15) is 17.2 Å². The molecule has 8 nitrogen and oxygen atoms in total. The van der Waals surface area contributed by atoms with Crippen molar-refractivity contribution in [3.8, 4) is 0 Å². The van der Waals surface area contributed by atoms with Gasteiger partial charge >= 0.3 is 0 Å². The Labute approximate surface area is 126 Å². The van der Waals surface area contributed by atoms with Gasteiger partial charge in [-0.1, -0.05) is 5.16 Å². The van der Waals surface area contributed by atoms with Crippen molar-refractivity contribution in [3.05, 3.63) is 23.1 Å². The highest BCUT2D eigenvalue weighted by Crippen LogP contribution is 2.20. The number of anilines is 1. The van der Waals surface area contributed by atoms with Crippen LogP contribution in [0.2, 0.25) is 0 Å². The average molecular weight is 329 g/mol. The molecular formula is C11H15N5O3S2. The van der Waals surface area contributed by atoms with Crippen LogP contribution in [0.5, 0.6) is 0 Å².